The Morgan fingerprint density at radius 3 is 2.24 bits per heavy atom. The Balaban J connectivity index is 1.45. The second-order valence-electron chi connectivity index (χ2n) is 6.81. The second-order valence-corrected chi connectivity index (χ2v) is 6.81. The van der Waals surface area contributed by atoms with Crippen LogP contribution < -0.4 is 14.2 Å². The largest absolute Gasteiger partial charge is 0.476 e. The molecule has 11 heteroatoms. The molecular formula is C23H10F6O5. The van der Waals surface area contributed by atoms with Crippen molar-refractivity contribution in [3.05, 3.63) is 94.3 Å². The number of ether oxygens (including phenoxy) is 3. The van der Waals surface area contributed by atoms with Crippen LogP contribution in [0.3, 0.4) is 0 Å². The zero-order valence-electron chi connectivity index (χ0n) is 16.6. The number of hydrogen-bond acceptors (Lipinski definition) is 5. The second kappa shape index (κ2) is 8.93. The first-order chi connectivity index (χ1) is 16.2. The molecule has 0 radical (unpaired) electrons. The summed E-state index contributed by atoms with van der Waals surface area (Å²) in [6.07, 6.45) is 1.31. The van der Waals surface area contributed by atoms with Crippen LogP contribution in [0.15, 0.2) is 48.2 Å². The van der Waals surface area contributed by atoms with Crippen LogP contribution in [0.4, 0.5) is 26.3 Å². The van der Waals surface area contributed by atoms with Crippen molar-refractivity contribution >= 4 is 17.8 Å². The molecular weight excluding hydrogens is 470 g/mol. The third kappa shape index (κ3) is 4.32. The molecule has 0 spiro atoms. The molecule has 4 rings (SSSR count). The van der Waals surface area contributed by atoms with E-state index in [0.717, 1.165) is 6.07 Å². The maximum Gasteiger partial charge on any atom is 0.349 e. The first-order valence-corrected chi connectivity index (χ1v) is 9.34. The average Bonchev–Trinajstić information content (AvgIpc) is 3.10. The molecule has 0 aliphatic carbocycles. The summed E-state index contributed by atoms with van der Waals surface area (Å²) in [7, 11) is 0. The summed E-state index contributed by atoms with van der Waals surface area (Å²) < 4.78 is 94.8. The molecule has 0 bridgehead atoms. The molecule has 0 atom stereocenters. The van der Waals surface area contributed by atoms with Gasteiger partial charge in [0.2, 0.25) is 34.9 Å². The molecule has 0 N–H and O–H groups in total. The Hall–Kier alpha value is -4.28. The molecule has 1 heterocycles. The summed E-state index contributed by atoms with van der Waals surface area (Å²) >= 11 is 0. The molecule has 0 unspecified atom stereocenters. The summed E-state index contributed by atoms with van der Waals surface area (Å²) in [5.41, 5.74) is 0.494. The number of hydrogen-bond donors (Lipinski definition) is 0. The summed E-state index contributed by atoms with van der Waals surface area (Å²) in [4.78, 5) is 24.4. The van der Waals surface area contributed by atoms with Crippen molar-refractivity contribution < 1.29 is 50.1 Å². The summed E-state index contributed by atoms with van der Waals surface area (Å²) in [6.45, 7) is -1.19. The fourth-order valence-corrected chi connectivity index (χ4v) is 2.98. The van der Waals surface area contributed by atoms with Gasteiger partial charge < -0.3 is 14.2 Å². The normalized spacial score (nSPS) is 13.6. The maximum absolute atomic E-state index is 13.6. The third-order valence-corrected chi connectivity index (χ3v) is 4.52. The number of esters is 1. The minimum atomic E-state index is -2.37. The zero-order chi connectivity index (χ0) is 24.6. The lowest BCUT2D eigenvalue weighted by Crippen LogP contribution is -2.19. The van der Waals surface area contributed by atoms with E-state index in [9.17, 15) is 35.9 Å². The Morgan fingerprint density at radius 1 is 0.882 bits per heavy atom. The maximum atomic E-state index is 13.6. The molecule has 1 aliphatic heterocycles. The Labute approximate surface area is 186 Å². The van der Waals surface area contributed by atoms with Crippen molar-refractivity contribution in [1.29, 1.82) is 0 Å². The van der Waals surface area contributed by atoms with Gasteiger partial charge in [-0.2, -0.15) is 8.78 Å². The van der Waals surface area contributed by atoms with Crippen molar-refractivity contribution in [2.75, 3.05) is 6.61 Å². The summed E-state index contributed by atoms with van der Waals surface area (Å²) in [6, 6.07) is 9.05. The highest BCUT2D eigenvalue weighted by molar-refractivity contribution is 6.14. The van der Waals surface area contributed by atoms with Crippen LogP contribution in [0.5, 0.6) is 17.2 Å². The van der Waals surface area contributed by atoms with Crippen molar-refractivity contribution in [3.8, 4) is 17.2 Å². The minimum absolute atomic E-state index is 0.0126. The smallest absolute Gasteiger partial charge is 0.349 e. The zero-order valence-corrected chi connectivity index (χ0v) is 16.6. The van der Waals surface area contributed by atoms with Crippen LogP contribution in [0.2, 0.25) is 0 Å². The van der Waals surface area contributed by atoms with E-state index in [4.69, 9.17) is 9.47 Å². The van der Waals surface area contributed by atoms with Crippen molar-refractivity contribution in [2.45, 2.75) is 0 Å². The van der Waals surface area contributed by atoms with Gasteiger partial charge in [-0.15, -0.1) is 0 Å². The standard InChI is InChI=1S/C23H10F6O5/c24-11-3-1-2-10(6-11)7-15-22(31)13-5-4-12(8-14(13)34-15)33-16(30)9-32-23-20(28)18(26)17(25)19(27)21(23)29/h1-8H,9H2/b15-7-. The molecule has 0 saturated carbocycles. The van der Waals surface area contributed by atoms with Gasteiger partial charge in [-0.3, -0.25) is 4.79 Å². The molecule has 34 heavy (non-hydrogen) atoms. The van der Waals surface area contributed by atoms with Gasteiger partial charge in [-0.05, 0) is 35.9 Å². The SMILES string of the molecule is O=C(COc1c(F)c(F)c(F)c(F)c1F)Oc1ccc2c(c1)O/C(=C\c1cccc(F)c1)C2=O. The van der Waals surface area contributed by atoms with Gasteiger partial charge >= 0.3 is 5.97 Å². The van der Waals surface area contributed by atoms with Crippen LogP contribution in [0, 0.1) is 34.9 Å². The topological polar surface area (TPSA) is 61.8 Å². The molecule has 1 aliphatic rings. The van der Waals surface area contributed by atoms with Crippen LogP contribution in [-0.2, 0) is 4.79 Å². The number of allylic oxidation sites excluding steroid dienone is 1. The molecule has 0 fully saturated rings. The first kappa shape index (κ1) is 22.9. The highest BCUT2D eigenvalue weighted by atomic mass is 19.2. The number of carbonyl (C=O) groups is 2. The van der Waals surface area contributed by atoms with Gasteiger partial charge in [-0.1, -0.05) is 12.1 Å². The number of ketones is 1. The molecule has 0 aromatic heterocycles. The van der Waals surface area contributed by atoms with Gasteiger partial charge in [0.1, 0.15) is 17.3 Å². The number of Topliss-reactive ketones (excluding diaryl/α,β-unsaturated/α-hetero) is 1. The van der Waals surface area contributed by atoms with Crippen LogP contribution >= 0.6 is 0 Å². The first-order valence-electron chi connectivity index (χ1n) is 9.34. The highest BCUT2D eigenvalue weighted by Crippen LogP contribution is 2.35. The molecule has 0 saturated heterocycles. The van der Waals surface area contributed by atoms with E-state index in [-0.39, 0.29) is 22.8 Å². The lowest BCUT2D eigenvalue weighted by Gasteiger charge is -2.10. The number of rotatable bonds is 5. The fourth-order valence-electron chi connectivity index (χ4n) is 2.98. The van der Waals surface area contributed by atoms with E-state index in [2.05, 4.69) is 4.74 Å². The van der Waals surface area contributed by atoms with Gasteiger partial charge in [0.05, 0.1) is 5.56 Å². The lowest BCUT2D eigenvalue weighted by atomic mass is 10.1. The molecule has 174 valence electrons. The number of benzene rings is 3. The Kier molecular flexibility index (Phi) is 6.01. The van der Waals surface area contributed by atoms with Crippen molar-refractivity contribution in [1.82, 2.24) is 0 Å². The Bertz CT molecular complexity index is 1340. The van der Waals surface area contributed by atoms with E-state index < -0.39 is 59.0 Å². The van der Waals surface area contributed by atoms with Gasteiger partial charge in [-0.25, -0.2) is 22.4 Å². The number of halogens is 6. The van der Waals surface area contributed by atoms with Gasteiger partial charge in [0.15, 0.2) is 18.1 Å². The van der Waals surface area contributed by atoms with Crippen molar-refractivity contribution in [2.24, 2.45) is 0 Å². The molecule has 0 amide bonds. The highest BCUT2D eigenvalue weighted by Gasteiger charge is 2.29. The van der Waals surface area contributed by atoms with Crippen molar-refractivity contribution in [3.63, 3.8) is 0 Å². The summed E-state index contributed by atoms with van der Waals surface area (Å²) in [5, 5.41) is 0. The van der Waals surface area contributed by atoms with Crippen LogP contribution in [-0.4, -0.2) is 18.4 Å². The average molecular weight is 480 g/mol. The number of fused-ring (bicyclic) bond motifs is 1. The fraction of sp³-hybridized carbons (Fsp3) is 0.0435. The monoisotopic (exact) mass is 480 g/mol. The van der Waals surface area contributed by atoms with E-state index >= 15 is 0 Å². The van der Waals surface area contributed by atoms with Crippen LogP contribution in [0.1, 0.15) is 15.9 Å². The van der Waals surface area contributed by atoms with E-state index in [1.54, 1.807) is 6.07 Å². The van der Waals surface area contributed by atoms with Crippen LogP contribution in [0.25, 0.3) is 6.08 Å². The number of carbonyl (C=O) groups excluding carboxylic acids is 2. The molecule has 3 aromatic carbocycles. The van der Waals surface area contributed by atoms with E-state index in [1.165, 1.54) is 36.4 Å². The predicted octanol–water partition coefficient (Wildman–Crippen LogP) is 5.12. The lowest BCUT2D eigenvalue weighted by molar-refractivity contribution is -0.136. The quantitative estimate of drug-likeness (QED) is 0.127. The van der Waals surface area contributed by atoms with E-state index in [1.807, 2.05) is 0 Å². The summed E-state index contributed by atoms with van der Waals surface area (Å²) in [5.74, 6) is -15.5. The third-order valence-electron chi connectivity index (χ3n) is 4.52. The molecule has 5 nitrogen and oxygen atoms in total. The molecule has 3 aromatic rings. The van der Waals surface area contributed by atoms with E-state index in [0.29, 0.717) is 5.56 Å². The van der Waals surface area contributed by atoms with Gasteiger partial charge in [0.25, 0.3) is 0 Å². The van der Waals surface area contributed by atoms with Gasteiger partial charge in [0, 0.05) is 6.07 Å². The predicted molar refractivity (Wildman–Crippen MR) is 103 cm³/mol. The minimum Gasteiger partial charge on any atom is -0.476 e. The Morgan fingerprint density at radius 2 is 1.56 bits per heavy atom.